The fraction of sp³-hybridized carbons (Fsp3) is 0.508. The number of Topliss-reactive ketones (excluding diaryl/α,β-unsaturated/α-hetero) is 2. The van der Waals surface area contributed by atoms with Crippen molar-refractivity contribution in [2.45, 2.75) is 92.4 Å². The summed E-state index contributed by atoms with van der Waals surface area (Å²) in [6.07, 6.45) is 16.0. The Morgan fingerprint density at radius 3 is 2.34 bits per heavy atom. The second kappa shape index (κ2) is 24.0. The number of carbonyl (C=O) groups excluding carboxylic acids is 4. The lowest BCUT2D eigenvalue weighted by atomic mass is 9.91. The molecular weight excluding hydrogens is 944 g/mol. The van der Waals surface area contributed by atoms with E-state index in [0.717, 1.165) is 116 Å². The third-order valence-corrected chi connectivity index (χ3v) is 15.8. The number of likely N-dealkylation sites (tertiary alicyclic amines) is 1. The van der Waals surface area contributed by atoms with Gasteiger partial charge in [-0.3, -0.25) is 24.3 Å². The number of nitrogens with zero attached hydrogens (tertiary/aromatic N) is 7. The zero-order valence-corrected chi connectivity index (χ0v) is 43.6. The summed E-state index contributed by atoms with van der Waals surface area (Å²) in [4.78, 5) is 69.2. The molecule has 15 heteroatoms. The number of ether oxygens (including phenoxy) is 1. The molecule has 3 aromatic carbocycles. The maximum absolute atomic E-state index is 17.0. The normalized spacial score (nSPS) is 19.0. The van der Waals surface area contributed by atoms with Gasteiger partial charge in [0.15, 0.2) is 17.4 Å². The first-order valence-electron chi connectivity index (χ1n) is 26.6. The zero-order valence-electron chi connectivity index (χ0n) is 43.6. The molecule has 0 amide bonds. The van der Waals surface area contributed by atoms with Crippen LogP contribution < -0.4 is 14.5 Å². The van der Waals surface area contributed by atoms with Gasteiger partial charge in [-0.1, -0.05) is 57.9 Å². The van der Waals surface area contributed by atoms with Gasteiger partial charge in [-0.05, 0) is 113 Å². The summed E-state index contributed by atoms with van der Waals surface area (Å²) in [5.41, 5.74) is 2.76. The molecule has 3 unspecified atom stereocenters. The Morgan fingerprint density at radius 1 is 0.919 bits per heavy atom. The van der Waals surface area contributed by atoms with E-state index < -0.39 is 23.6 Å². The number of halogens is 3. The lowest BCUT2D eigenvalue weighted by Gasteiger charge is -2.40. The predicted molar refractivity (Wildman–Crippen MR) is 285 cm³/mol. The molecule has 3 aliphatic heterocycles. The molecular formula is C59H70F3N7O5. The van der Waals surface area contributed by atoms with E-state index in [4.69, 9.17) is 21.1 Å². The monoisotopic (exact) mass is 1010 g/mol. The van der Waals surface area contributed by atoms with Gasteiger partial charge in [-0.25, -0.2) is 8.78 Å². The van der Waals surface area contributed by atoms with Gasteiger partial charge in [0.2, 0.25) is 0 Å². The first-order chi connectivity index (χ1) is 35.6. The van der Waals surface area contributed by atoms with E-state index in [-0.39, 0.29) is 52.1 Å². The molecule has 0 spiro atoms. The summed E-state index contributed by atoms with van der Waals surface area (Å²) < 4.78 is 50.1. The van der Waals surface area contributed by atoms with Crippen molar-refractivity contribution in [3.63, 3.8) is 0 Å². The van der Waals surface area contributed by atoms with E-state index >= 15 is 4.39 Å². The minimum Gasteiger partial charge on any atom is -0.463 e. The van der Waals surface area contributed by atoms with Crippen LogP contribution in [-0.4, -0.2) is 121 Å². The SMILES string of the molecule is C#Cc1c(F)ccc2cccc(-c3ncc4c(N5CCCC(C)C5)nc(OCC5(CN6CCC(CN7CCN(c8ccc(C(C)=O)c(C(=O)C(C)CC)c8)CC7)CC6)CC5)nc4c3F)c12.CC(CCC=O)C(=O)F. The molecule has 4 aliphatic rings. The van der Waals surface area contributed by atoms with Crippen LogP contribution in [-0.2, 0) is 9.59 Å². The van der Waals surface area contributed by atoms with Crippen LogP contribution in [0.1, 0.15) is 119 Å². The maximum Gasteiger partial charge on any atom is 0.319 e. The van der Waals surface area contributed by atoms with Crippen molar-refractivity contribution in [3.05, 3.63) is 83.1 Å². The zero-order chi connectivity index (χ0) is 52.7. The fourth-order valence-corrected chi connectivity index (χ4v) is 10.8. The fourth-order valence-electron chi connectivity index (χ4n) is 10.8. The molecule has 0 N–H and O–H groups in total. The number of piperidine rings is 2. The molecule has 9 rings (SSSR count). The number of anilines is 2. The van der Waals surface area contributed by atoms with Crippen molar-refractivity contribution in [2.75, 3.05) is 81.9 Å². The van der Waals surface area contributed by atoms with Crippen molar-refractivity contribution >= 4 is 57.1 Å². The van der Waals surface area contributed by atoms with Crippen molar-refractivity contribution in [3.8, 4) is 29.6 Å². The van der Waals surface area contributed by atoms with Crippen LogP contribution in [0.5, 0.6) is 6.01 Å². The second-order valence-electron chi connectivity index (χ2n) is 21.4. The predicted octanol–water partition coefficient (Wildman–Crippen LogP) is 10.6. The number of pyridine rings is 1. The van der Waals surface area contributed by atoms with Gasteiger partial charge in [0.05, 0.1) is 17.6 Å². The number of aldehydes is 1. The Morgan fingerprint density at radius 2 is 1.68 bits per heavy atom. The van der Waals surface area contributed by atoms with E-state index in [1.165, 1.54) is 19.9 Å². The topological polar surface area (TPSA) is 129 Å². The number of ketones is 2. The number of fused-ring (bicyclic) bond motifs is 2. The van der Waals surface area contributed by atoms with E-state index in [0.29, 0.717) is 69.8 Å². The van der Waals surface area contributed by atoms with Crippen LogP contribution in [0.3, 0.4) is 0 Å². The first kappa shape index (κ1) is 54.0. The molecule has 5 aromatic rings. The third kappa shape index (κ3) is 12.5. The number of piperazine rings is 1. The number of carbonyl (C=O) groups is 4. The average Bonchev–Trinajstić information content (AvgIpc) is 4.19. The maximum atomic E-state index is 17.0. The summed E-state index contributed by atoms with van der Waals surface area (Å²) >= 11 is 0. The molecule has 12 nitrogen and oxygen atoms in total. The first-order valence-corrected chi connectivity index (χ1v) is 26.6. The van der Waals surface area contributed by atoms with Crippen molar-refractivity contribution in [2.24, 2.45) is 29.1 Å². The largest absolute Gasteiger partial charge is 0.463 e. The number of benzene rings is 3. The number of terminal acetylenes is 1. The molecule has 392 valence electrons. The molecule has 0 radical (unpaired) electrons. The van der Waals surface area contributed by atoms with Gasteiger partial charge in [-0.2, -0.15) is 14.4 Å². The minimum absolute atomic E-state index is 0.00353. The highest BCUT2D eigenvalue weighted by Gasteiger charge is 2.45. The Labute approximate surface area is 433 Å². The molecule has 2 aromatic heterocycles. The van der Waals surface area contributed by atoms with Crippen LogP contribution in [0.4, 0.5) is 24.7 Å². The summed E-state index contributed by atoms with van der Waals surface area (Å²) in [7, 11) is 0. The molecule has 1 saturated carbocycles. The summed E-state index contributed by atoms with van der Waals surface area (Å²) in [6, 6.07) is 12.9. The van der Waals surface area contributed by atoms with Gasteiger partial charge < -0.3 is 24.2 Å². The molecule has 3 saturated heterocycles. The summed E-state index contributed by atoms with van der Waals surface area (Å²) in [6.45, 7) is 19.1. The Bertz CT molecular complexity index is 2910. The van der Waals surface area contributed by atoms with Gasteiger partial charge in [0, 0.05) is 110 Å². The van der Waals surface area contributed by atoms with E-state index in [9.17, 15) is 28.0 Å². The van der Waals surface area contributed by atoms with Crippen LogP contribution >= 0.6 is 0 Å². The smallest absolute Gasteiger partial charge is 0.319 e. The second-order valence-corrected chi connectivity index (χ2v) is 21.4. The lowest BCUT2D eigenvalue weighted by molar-refractivity contribution is -0.133. The number of rotatable bonds is 18. The molecule has 0 bridgehead atoms. The van der Waals surface area contributed by atoms with Crippen molar-refractivity contribution in [1.82, 2.24) is 24.8 Å². The van der Waals surface area contributed by atoms with Crippen LogP contribution in [0.2, 0.25) is 0 Å². The molecule has 74 heavy (non-hydrogen) atoms. The molecule has 5 heterocycles. The van der Waals surface area contributed by atoms with Gasteiger partial charge in [-0.15, -0.1) is 6.42 Å². The van der Waals surface area contributed by atoms with Crippen LogP contribution in [0, 0.1) is 53.1 Å². The number of aromatic nitrogens is 3. The third-order valence-electron chi connectivity index (χ3n) is 15.8. The Balaban J connectivity index is 0.000000741. The van der Waals surface area contributed by atoms with Gasteiger partial charge in [0.25, 0.3) is 0 Å². The summed E-state index contributed by atoms with van der Waals surface area (Å²) in [5, 5.41) is 1.66. The van der Waals surface area contributed by atoms with E-state index in [1.807, 2.05) is 38.1 Å². The Hall–Kier alpha value is -6.24. The van der Waals surface area contributed by atoms with Crippen molar-refractivity contribution in [1.29, 1.82) is 0 Å². The Kier molecular flexibility index (Phi) is 17.5. The van der Waals surface area contributed by atoms with E-state index in [2.05, 4.69) is 37.4 Å². The highest BCUT2D eigenvalue weighted by Crippen LogP contribution is 2.47. The molecule has 3 atom stereocenters. The minimum atomic E-state index is -1.34. The average molecular weight is 1010 g/mol. The standard InChI is InChI=1S/C53H61F2N7O3.C6H9FO2/c1-6-35(4)50(64)43-28-39(14-15-41(43)36(5)63)61-26-24-59(25-27-61)31-37-17-22-60(23-18-37)32-53(19-20-53)33-65-52-57-49-44(51(58-52)62-21-9-10-34(3)30-62)29-56-48(47(49)55)42-12-8-11-38-13-16-45(54)40(7-2)46(38)42;1-5(6(7)9)3-2-4-8/h2,8,11-16,28-29,34-35,37H,6,9-10,17-27,30-33H2,1,3-5H3;4-5H,2-3H2,1H3. The molecule has 4 fully saturated rings. The number of hydrogen-bond acceptors (Lipinski definition) is 12. The van der Waals surface area contributed by atoms with Crippen LogP contribution in [0.15, 0.2) is 54.7 Å². The van der Waals surface area contributed by atoms with E-state index in [1.54, 1.807) is 24.4 Å². The molecule has 1 aliphatic carbocycles. The number of hydrogen-bond donors (Lipinski definition) is 0. The van der Waals surface area contributed by atoms with Gasteiger partial charge in [0.1, 0.15) is 29.1 Å². The van der Waals surface area contributed by atoms with Crippen LogP contribution in [0.25, 0.3) is 32.9 Å². The highest BCUT2D eigenvalue weighted by atomic mass is 19.1. The van der Waals surface area contributed by atoms with Gasteiger partial charge >= 0.3 is 12.0 Å². The quantitative estimate of drug-likeness (QED) is 0.0359. The highest BCUT2D eigenvalue weighted by molar-refractivity contribution is 6.09. The summed E-state index contributed by atoms with van der Waals surface area (Å²) in [5.74, 6) is 2.28. The lowest BCUT2D eigenvalue weighted by Crippen LogP contribution is -2.49. The van der Waals surface area contributed by atoms with Crippen molar-refractivity contribution < 1.29 is 37.1 Å².